The number of halogens is 3. The molecule has 0 aliphatic carbocycles. The van der Waals surface area contributed by atoms with Crippen molar-refractivity contribution in [3.05, 3.63) is 53.6 Å². The average molecular weight is 491 g/mol. The Hall–Kier alpha value is -4.07. The monoisotopic (exact) mass is 491 g/mol. The predicted octanol–water partition coefficient (Wildman–Crippen LogP) is 2.56. The second-order valence-electron chi connectivity index (χ2n) is 7.82. The number of carbonyl (C=O) groups excluding carboxylic acids is 2. The second-order valence-corrected chi connectivity index (χ2v) is 7.82. The van der Waals surface area contributed by atoms with E-state index in [0.29, 0.717) is 22.6 Å². The number of aliphatic hydroxyl groups excluding tert-OH is 1. The number of alkyl halides is 3. The fraction of sp³-hybridized carbons (Fsp3) is 0.333. The molecule has 2 N–H and O–H groups in total. The highest BCUT2D eigenvalue weighted by Gasteiger charge is 2.32. The summed E-state index contributed by atoms with van der Waals surface area (Å²) in [4.78, 5) is 34.2. The molecule has 0 unspecified atom stereocenters. The van der Waals surface area contributed by atoms with Gasteiger partial charge in [0.15, 0.2) is 12.4 Å². The summed E-state index contributed by atoms with van der Waals surface area (Å²) in [5, 5.41) is 19.9. The van der Waals surface area contributed by atoms with Crippen LogP contribution in [0.3, 0.4) is 0 Å². The fourth-order valence-electron chi connectivity index (χ4n) is 3.42. The lowest BCUT2D eigenvalue weighted by atomic mass is 10.1. The number of hydrogen-bond acceptors (Lipinski definition) is 8. The van der Waals surface area contributed by atoms with Gasteiger partial charge in [0, 0.05) is 12.7 Å². The fourth-order valence-corrected chi connectivity index (χ4v) is 3.42. The third-order valence-electron chi connectivity index (χ3n) is 5.19. The van der Waals surface area contributed by atoms with E-state index in [4.69, 9.17) is 0 Å². The number of aromatic nitrogens is 5. The number of hydrogen-bond donors (Lipinski definition) is 2. The number of aliphatic hydroxyl groups is 1. The largest absolute Gasteiger partial charge is 0.440 e. The van der Waals surface area contributed by atoms with Crippen molar-refractivity contribution in [1.29, 1.82) is 0 Å². The van der Waals surface area contributed by atoms with Crippen LogP contribution in [0.2, 0.25) is 0 Å². The smallest absolute Gasteiger partial charge is 0.422 e. The first-order valence-corrected chi connectivity index (χ1v) is 10.4. The molecule has 0 fully saturated rings. The van der Waals surface area contributed by atoms with Crippen molar-refractivity contribution in [2.45, 2.75) is 32.2 Å². The van der Waals surface area contributed by atoms with Crippen molar-refractivity contribution in [3.8, 4) is 11.5 Å². The zero-order valence-corrected chi connectivity index (χ0v) is 18.4. The highest BCUT2D eigenvalue weighted by molar-refractivity contribution is 6.02. The minimum Gasteiger partial charge on any atom is -0.440 e. The highest BCUT2D eigenvalue weighted by atomic mass is 19.4. The van der Waals surface area contributed by atoms with E-state index in [1.807, 2.05) is 0 Å². The molecule has 0 radical (unpaired) electrons. The Kier molecular flexibility index (Phi) is 6.64. The summed E-state index contributed by atoms with van der Waals surface area (Å²) in [5.41, 5.74) is 1.64. The van der Waals surface area contributed by atoms with Crippen LogP contribution in [-0.4, -0.2) is 66.1 Å². The molecule has 11 nitrogen and oxygen atoms in total. The van der Waals surface area contributed by atoms with E-state index in [0.717, 1.165) is 4.90 Å². The molecule has 1 aliphatic heterocycles. The Balaban J connectivity index is 1.44. The maximum absolute atomic E-state index is 12.8. The molecule has 2 amide bonds. The van der Waals surface area contributed by atoms with Gasteiger partial charge in [0.2, 0.25) is 0 Å². The molecule has 3 aromatic heterocycles. The van der Waals surface area contributed by atoms with Gasteiger partial charge in [0.1, 0.15) is 23.5 Å². The number of rotatable bonds is 6. The molecule has 0 aromatic carbocycles. The van der Waals surface area contributed by atoms with Gasteiger partial charge in [-0.2, -0.15) is 13.2 Å². The first-order valence-electron chi connectivity index (χ1n) is 10.4. The number of carbonyl (C=O) groups is 2. The number of amides is 2. The summed E-state index contributed by atoms with van der Waals surface area (Å²) in [6.07, 6.45) is -2.86. The Morgan fingerprint density at radius 3 is 2.77 bits per heavy atom. The highest BCUT2D eigenvalue weighted by Crippen LogP contribution is 2.25. The summed E-state index contributed by atoms with van der Waals surface area (Å²) in [6.45, 7) is 0.00267. The molecular formula is C21H20F3N7O4. The van der Waals surface area contributed by atoms with E-state index < -0.39 is 24.8 Å². The van der Waals surface area contributed by atoms with Crippen molar-refractivity contribution in [2.75, 3.05) is 18.5 Å². The van der Waals surface area contributed by atoms with Crippen LogP contribution >= 0.6 is 0 Å². The lowest BCUT2D eigenvalue weighted by Gasteiger charge is -2.16. The molecule has 0 spiro atoms. The van der Waals surface area contributed by atoms with Gasteiger partial charge in [-0.05, 0) is 36.2 Å². The van der Waals surface area contributed by atoms with E-state index in [2.05, 4.69) is 30.2 Å². The lowest BCUT2D eigenvalue weighted by molar-refractivity contribution is -0.162. The SMILES string of the molecule is C[C@H](CO)n1cnnc1-c1cccc(NC(=O)c2cc3c(cn2)CN(C(=O)OCC(F)(F)F)C3)n1. The van der Waals surface area contributed by atoms with Crippen molar-refractivity contribution in [3.63, 3.8) is 0 Å². The average Bonchev–Trinajstić information content (AvgIpc) is 3.48. The summed E-state index contributed by atoms with van der Waals surface area (Å²) in [5.74, 6) is 0.0647. The second kappa shape index (κ2) is 9.66. The molecule has 3 aromatic rings. The number of ether oxygens (including phenoxy) is 1. The molecule has 0 bridgehead atoms. The van der Waals surface area contributed by atoms with Crippen LogP contribution in [0.4, 0.5) is 23.8 Å². The molecule has 0 saturated carbocycles. The van der Waals surface area contributed by atoms with Gasteiger partial charge in [0.25, 0.3) is 5.91 Å². The normalized spacial score (nSPS) is 13.9. The van der Waals surface area contributed by atoms with Gasteiger partial charge in [0.05, 0.1) is 19.2 Å². The van der Waals surface area contributed by atoms with Crippen LogP contribution in [0.1, 0.15) is 34.6 Å². The van der Waals surface area contributed by atoms with E-state index >= 15 is 0 Å². The van der Waals surface area contributed by atoms with Crippen LogP contribution in [0.5, 0.6) is 0 Å². The Bertz CT molecular complexity index is 1250. The number of nitrogens with zero attached hydrogens (tertiary/aromatic N) is 6. The van der Waals surface area contributed by atoms with Crippen LogP contribution in [0.25, 0.3) is 11.5 Å². The van der Waals surface area contributed by atoms with Gasteiger partial charge in [-0.15, -0.1) is 10.2 Å². The van der Waals surface area contributed by atoms with Gasteiger partial charge in [-0.25, -0.2) is 9.78 Å². The molecule has 4 heterocycles. The Labute approximate surface area is 196 Å². The van der Waals surface area contributed by atoms with E-state index in [-0.39, 0.29) is 37.3 Å². The van der Waals surface area contributed by atoms with E-state index in [1.165, 1.54) is 18.6 Å². The van der Waals surface area contributed by atoms with Crippen molar-refractivity contribution in [2.24, 2.45) is 0 Å². The maximum atomic E-state index is 12.8. The van der Waals surface area contributed by atoms with Crippen molar-refractivity contribution >= 4 is 17.8 Å². The van der Waals surface area contributed by atoms with E-state index in [1.54, 1.807) is 29.7 Å². The van der Waals surface area contributed by atoms with Crippen LogP contribution in [-0.2, 0) is 17.8 Å². The Morgan fingerprint density at radius 2 is 2.03 bits per heavy atom. The molecule has 1 atom stereocenters. The van der Waals surface area contributed by atoms with Gasteiger partial charge in [-0.1, -0.05) is 6.07 Å². The quantitative estimate of drug-likeness (QED) is 0.537. The Morgan fingerprint density at radius 1 is 1.26 bits per heavy atom. The first kappa shape index (κ1) is 24.1. The minimum atomic E-state index is -4.62. The maximum Gasteiger partial charge on any atom is 0.422 e. The van der Waals surface area contributed by atoms with E-state index in [9.17, 15) is 27.9 Å². The van der Waals surface area contributed by atoms with Crippen molar-refractivity contribution < 1.29 is 32.6 Å². The molecule has 4 rings (SSSR count). The predicted molar refractivity (Wildman–Crippen MR) is 114 cm³/mol. The van der Waals surface area contributed by atoms with Gasteiger partial charge < -0.3 is 19.7 Å². The van der Waals surface area contributed by atoms with Crippen LogP contribution in [0, 0.1) is 0 Å². The zero-order chi connectivity index (χ0) is 25.2. The number of pyridine rings is 2. The molecule has 14 heteroatoms. The standard InChI is InChI=1S/C21H20F3N7O4/c1-12(9-32)31-11-26-29-18(31)15-3-2-4-17(27-15)28-19(33)16-5-13-7-30(8-14(13)6-25-16)20(34)35-10-21(22,23)24/h2-6,11-12,32H,7-10H2,1H3,(H,27,28,33)/t12-/m1/s1. The summed E-state index contributed by atoms with van der Waals surface area (Å²) >= 11 is 0. The van der Waals surface area contributed by atoms with Gasteiger partial charge in [-0.3, -0.25) is 14.7 Å². The summed E-state index contributed by atoms with van der Waals surface area (Å²) in [6, 6.07) is 6.11. The van der Waals surface area contributed by atoms with Crippen LogP contribution < -0.4 is 5.32 Å². The molecule has 0 saturated heterocycles. The zero-order valence-electron chi connectivity index (χ0n) is 18.4. The molecule has 184 valence electrons. The third-order valence-corrected chi connectivity index (χ3v) is 5.19. The lowest BCUT2D eigenvalue weighted by Crippen LogP contribution is -2.30. The summed E-state index contributed by atoms with van der Waals surface area (Å²) < 4.78 is 42.8. The van der Waals surface area contributed by atoms with Crippen molar-refractivity contribution in [1.82, 2.24) is 29.6 Å². The number of anilines is 1. The van der Waals surface area contributed by atoms with Gasteiger partial charge >= 0.3 is 12.3 Å². The summed E-state index contributed by atoms with van der Waals surface area (Å²) in [7, 11) is 0. The number of fused-ring (bicyclic) bond motifs is 1. The first-order chi connectivity index (χ1) is 16.6. The molecule has 1 aliphatic rings. The third kappa shape index (κ3) is 5.54. The number of nitrogens with one attached hydrogen (secondary N) is 1. The topological polar surface area (TPSA) is 135 Å². The minimum absolute atomic E-state index is 0.0126. The van der Waals surface area contributed by atoms with Crippen LogP contribution in [0.15, 0.2) is 36.8 Å². The molecular weight excluding hydrogens is 471 g/mol. The molecule has 35 heavy (non-hydrogen) atoms.